The molecule has 0 spiro atoms. The van der Waals surface area contributed by atoms with Gasteiger partial charge in [-0.15, -0.1) is 35.1 Å². The van der Waals surface area contributed by atoms with Gasteiger partial charge in [0.25, 0.3) is 0 Å². The number of hydrogen-bond donors (Lipinski definition) is 2. The smallest absolute Gasteiger partial charge is 0.407 e. The minimum atomic E-state index is -3.97. The first kappa shape index (κ1) is 46.1. The predicted molar refractivity (Wildman–Crippen MR) is 226 cm³/mol. The fraction of sp³-hybridized carbons (Fsp3) is 0.244. The van der Waals surface area contributed by atoms with Gasteiger partial charge in [-0.2, -0.15) is 8.78 Å². The molecule has 4 aromatic heterocycles. The van der Waals surface area contributed by atoms with Crippen LogP contribution in [0, 0.1) is 31.2 Å². The minimum Gasteiger partial charge on any atom is -0.465 e. The maximum atomic E-state index is 14.6. The molecule has 0 radical (unpaired) electrons. The number of benzene rings is 2. The van der Waals surface area contributed by atoms with E-state index in [9.17, 15) is 35.5 Å². The van der Waals surface area contributed by atoms with Crippen LogP contribution in [0.4, 0.5) is 13.6 Å². The van der Waals surface area contributed by atoms with E-state index in [0.29, 0.717) is 22.5 Å². The van der Waals surface area contributed by atoms with Gasteiger partial charge in [0.2, 0.25) is 31.6 Å². The van der Waals surface area contributed by atoms with Crippen molar-refractivity contribution >= 4 is 60.8 Å². The molecule has 0 aliphatic carbocycles. The number of hydrogen-bond acceptors (Lipinski definition) is 10. The third-order valence-electron chi connectivity index (χ3n) is 8.69. The van der Waals surface area contributed by atoms with E-state index in [2.05, 4.69) is 15.3 Å². The van der Waals surface area contributed by atoms with Crippen LogP contribution in [-0.4, -0.2) is 56.5 Å². The van der Waals surface area contributed by atoms with Crippen LogP contribution < -0.4 is 5.32 Å². The summed E-state index contributed by atoms with van der Waals surface area (Å²) in [6.45, 7) is 10.0. The van der Waals surface area contributed by atoms with Gasteiger partial charge in [0.1, 0.15) is 8.42 Å². The molecule has 58 heavy (non-hydrogen) atoms. The number of aromatic nitrogens is 2. The third-order valence-corrected chi connectivity index (χ3v) is 15.8. The number of nitrogens with one attached hydrogen (secondary N) is 1. The highest BCUT2D eigenvalue weighted by molar-refractivity contribution is 7.94. The topological polar surface area (TPSA) is 147 Å². The third kappa shape index (κ3) is 10.2. The molecule has 2 N–H and O–H groups in total. The maximum absolute atomic E-state index is 14.6. The number of thiophene rings is 2. The zero-order valence-corrected chi connectivity index (χ0v) is 36.6. The van der Waals surface area contributed by atoms with Gasteiger partial charge < -0.3 is 15.3 Å². The van der Waals surface area contributed by atoms with Crippen molar-refractivity contribution in [1.82, 2.24) is 20.2 Å². The summed E-state index contributed by atoms with van der Waals surface area (Å²) in [5, 5.41) is 12.7. The molecule has 0 aliphatic heterocycles. The van der Waals surface area contributed by atoms with Gasteiger partial charge in [-0.25, -0.2) is 31.6 Å². The molecular formula is C41H43ClF2N4O6S4. The molecule has 0 bridgehead atoms. The Morgan fingerprint density at radius 2 is 1.14 bits per heavy atom. The lowest BCUT2D eigenvalue weighted by Gasteiger charge is -2.27. The Morgan fingerprint density at radius 3 is 1.52 bits per heavy atom. The molecular weight excluding hydrogens is 846 g/mol. The first-order valence-corrected chi connectivity index (χ1v) is 22.2. The van der Waals surface area contributed by atoms with Crippen molar-refractivity contribution in [2.75, 3.05) is 13.6 Å². The van der Waals surface area contributed by atoms with Gasteiger partial charge in [0, 0.05) is 57.5 Å². The Balaban J connectivity index is 0.000000259. The largest absolute Gasteiger partial charge is 0.465 e. The van der Waals surface area contributed by atoms with E-state index in [1.54, 1.807) is 74.6 Å². The summed E-state index contributed by atoms with van der Waals surface area (Å²) >= 11 is 2.15. The monoisotopic (exact) mass is 888 g/mol. The highest BCUT2D eigenvalue weighted by Crippen LogP contribution is 2.44. The molecule has 0 atom stereocenters. The Kier molecular flexibility index (Phi) is 15.1. The zero-order chi connectivity index (χ0) is 41.7. The second kappa shape index (κ2) is 19.0. The van der Waals surface area contributed by atoms with Crippen molar-refractivity contribution < 1.29 is 35.5 Å². The average Bonchev–Trinajstić information content (AvgIpc) is 3.68. The lowest BCUT2D eigenvalue weighted by Crippen LogP contribution is -2.36. The summed E-state index contributed by atoms with van der Waals surface area (Å²) in [6.07, 6.45) is 1.54. The van der Waals surface area contributed by atoms with Gasteiger partial charge in [-0.3, -0.25) is 0 Å². The van der Waals surface area contributed by atoms with Gasteiger partial charge in [-0.05, 0) is 86.0 Å². The number of nitrogens with zero attached hydrogens (tertiary/aromatic N) is 3. The highest BCUT2D eigenvalue weighted by atomic mass is 35.5. The molecule has 1 amide bonds. The lowest BCUT2D eigenvalue weighted by atomic mass is 9.96. The molecule has 4 heterocycles. The van der Waals surface area contributed by atoms with Gasteiger partial charge in [-0.1, -0.05) is 57.2 Å². The number of sulfone groups is 2. The molecule has 0 unspecified atom stereocenters. The van der Waals surface area contributed by atoms with E-state index < -0.39 is 37.7 Å². The summed E-state index contributed by atoms with van der Waals surface area (Å²) in [7, 11) is -5.94. The Bertz CT molecular complexity index is 2600. The Morgan fingerprint density at radius 1 is 0.724 bits per heavy atom. The van der Waals surface area contributed by atoms with E-state index >= 15 is 0 Å². The Hall–Kier alpha value is -4.58. The molecule has 6 rings (SSSR count). The standard InChI is InChI=1S/C23H25FN2O4S2.C18H17FN2O2S2.ClH/c1-15-18(13-26(22(27)28)14-23(2,3)4)31-21(19(15)17-11-8-12-25-20(17)24)32(29,30)16-9-6-5-7-10-16;1-12-15(11-20-2)24-18(16(12)14-9-6-10-21-17(14)19)25(22,23)13-7-4-3-5-8-13;/h5-12H,13-14H2,1-4H3,(H,27,28);3-10,20H,11H2,1-2H3;1H. The lowest BCUT2D eigenvalue weighted by molar-refractivity contribution is 0.123. The summed E-state index contributed by atoms with van der Waals surface area (Å²) in [4.78, 5) is 22.2. The fourth-order valence-electron chi connectivity index (χ4n) is 6.04. The first-order valence-electron chi connectivity index (χ1n) is 17.6. The van der Waals surface area contributed by atoms with E-state index in [1.165, 1.54) is 52.9 Å². The van der Waals surface area contributed by atoms with E-state index in [0.717, 1.165) is 21.8 Å². The van der Waals surface area contributed by atoms with E-state index in [4.69, 9.17) is 0 Å². The average molecular weight is 890 g/mol. The minimum absolute atomic E-state index is 0. The van der Waals surface area contributed by atoms with Crippen molar-refractivity contribution in [2.45, 2.75) is 65.9 Å². The predicted octanol–water partition coefficient (Wildman–Crippen LogP) is 9.85. The fourth-order valence-corrected chi connectivity index (χ4v) is 12.7. The number of rotatable bonds is 11. The second-order valence-electron chi connectivity index (χ2n) is 14.2. The number of carboxylic acid groups (broad SMARTS) is 1. The molecule has 17 heteroatoms. The van der Waals surface area contributed by atoms with Gasteiger partial charge >= 0.3 is 6.09 Å². The number of amides is 1. The zero-order valence-electron chi connectivity index (χ0n) is 32.5. The van der Waals surface area contributed by atoms with Crippen LogP contribution >= 0.6 is 35.1 Å². The van der Waals surface area contributed by atoms with Crippen LogP contribution in [0.1, 0.15) is 41.7 Å². The van der Waals surface area contributed by atoms with Gasteiger partial charge in [0.05, 0.1) is 16.3 Å². The van der Waals surface area contributed by atoms with Crippen molar-refractivity contribution in [1.29, 1.82) is 0 Å². The second-order valence-corrected chi connectivity index (χ2v) is 20.7. The van der Waals surface area contributed by atoms with Crippen molar-refractivity contribution in [3.63, 3.8) is 0 Å². The van der Waals surface area contributed by atoms with Crippen LogP contribution in [-0.2, 0) is 32.8 Å². The van der Waals surface area contributed by atoms with Crippen molar-refractivity contribution in [2.24, 2.45) is 5.41 Å². The summed E-state index contributed by atoms with van der Waals surface area (Å²) < 4.78 is 82.4. The molecule has 2 aromatic carbocycles. The highest BCUT2D eigenvalue weighted by Gasteiger charge is 2.32. The molecule has 0 saturated heterocycles. The van der Waals surface area contributed by atoms with Crippen LogP contribution in [0.5, 0.6) is 0 Å². The quantitative estimate of drug-likeness (QED) is 0.121. The van der Waals surface area contributed by atoms with Crippen LogP contribution in [0.3, 0.4) is 0 Å². The molecule has 0 saturated carbocycles. The maximum Gasteiger partial charge on any atom is 0.407 e. The number of halogens is 3. The normalized spacial score (nSPS) is 11.7. The van der Waals surface area contributed by atoms with Crippen LogP contribution in [0.25, 0.3) is 22.3 Å². The van der Waals surface area contributed by atoms with E-state index in [1.807, 2.05) is 27.7 Å². The van der Waals surface area contributed by atoms with Crippen molar-refractivity contribution in [3.05, 3.63) is 130 Å². The van der Waals surface area contributed by atoms with Crippen LogP contribution in [0.2, 0.25) is 0 Å². The molecule has 6 aromatic rings. The van der Waals surface area contributed by atoms with E-state index in [-0.39, 0.29) is 65.8 Å². The molecule has 0 fully saturated rings. The molecule has 10 nitrogen and oxygen atoms in total. The van der Waals surface area contributed by atoms with Crippen LogP contribution in [0.15, 0.2) is 116 Å². The Labute approximate surface area is 351 Å². The number of carbonyl (C=O) groups is 1. The molecule has 308 valence electrons. The summed E-state index contributed by atoms with van der Waals surface area (Å²) in [5.74, 6) is -1.46. The SMILES string of the molecule is CNCc1sc(S(=O)(=O)c2ccccc2)c(-c2cccnc2F)c1C.Cc1c(CN(CC(C)(C)C)C(=O)O)sc(S(=O)(=O)c2ccccc2)c1-c1cccnc1F.Cl. The first-order chi connectivity index (χ1) is 26.9. The summed E-state index contributed by atoms with van der Waals surface area (Å²) in [5.41, 5.74) is 1.87. The van der Waals surface area contributed by atoms with Crippen molar-refractivity contribution in [3.8, 4) is 22.3 Å². The van der Waals surface area contributed by atoms with Gasteiger partial charge in [0.15, 0.2) is 0 Å². The molecule has 0 aliphatic rings. The summed E-state index contributed by atoms with van der Waals surface area (Å²) in [6, 6.07) is 22.3. The number of pyridine rings is 2.